The largest absolute Gasteiger partial charge is 0.324 e. The zero-order chi connectivity index (χ0) is 16.2. The van der Waals surface area contributed by atoms with Crippen LogP contribution in [0.3, 0.4) is 0 Å². The van der Waals surface area contributed by atoms with Gasteiger partial charge in [0.1, 0.15) is 5.00 Å². The van der Waals surface area contributed by atoms with Crippen molar-refractivity contribution >= 4 is 22.4 Å². The highest BCUT2D eigenvalue weighted by atomic mass is 32.1. The molecule has 1 aliphatic heterocycles. The molecule has 6 heteroatoms. The first-order chi connectivity index (χ1) is 11.2. The smallest absolute Gasteiger partial charge is 0.322 e. The maximum Gasteiger partial charge on any atom is 0.322 e. The lowest BCUT2D eigenvalue weighted by molar-refractivity contribution is 0.194. The van der Waals surface area contributed by atoms with Gasteiger partial charge in [0.05, 0.1) is 10.7 Å². The predicted octanol–water partition coefficient (Wildman–Crippen LogP) is 3.82. The van der Waals surface area contributed by atoms with Gasteiger partial charge in [-0.15, -0.1) is 11.3 Å². The van der Waals surface area contributed by atoms with Crippen molar-refractivity contribution in [1.29, 1.82) is 0 Å². The van der Waals surface area contributed by atoms with E-state index in [1.165, 1.54) is 5.56 Å². The number of thiazole rings is 1. The number of hydrogen-bond donors (Lipinski definition) is 1. The monoisotopic (exact) mass is 330 g/mol. The molecule has 0 unspecified atom stereocenters. The van der Waals surface area contributed by atoms with E-state index in [1.54, 1.807) is 11.3 Å². The molecule has 0 spiro atoms. The highest BCUT2D eigenvalue weighted by molar-refractivity contribution is 7.16. The average molecular weight is 330 g/mol. The van der Waals surface area contributed by atoms with E-state index in [-0.39, 0.29) is 6.03 Å². The van der Waals surface area contributed by atoms with Crippen LogP contribution in [-0.4, -0.2) is 34.0 Å². The third-order valence-electron chi connectivity index (χ3n) is 4.32. The van der Waals surface area contributed by atoms with Crippen molar-refractivity contribution in [2.24, 2.45) is 0 Å². The van der Waals surface area contributed by atoms with Gasteiger partial charge >= 0.3 is 6.03 Å². The molecule has 2 aromatic rings. The van der Waals surface area contributed by atoms with Crippen LogP contribution in [0.5, 0.6) is 0 Å². The van der Waals surface area contributed by atoms with Crippen LogP contribution in [0.4, 0.5) is 9.80 Å². The maximum absolute atomic E-state index is 12.4. The van der Waals surface area contributed by atoms with Gasteiger partial charge in [-0.25, -0.2) is 9.78 Å². The molecule has 1 N–H and O–H groups in total. The maximum atomic E-state index is 12.4. The van der Waals surface area contributed by atoms with Crippen molar-refractivity contribution in [3.63, 3.8) is 0 Å². The summed E-state index contributed by atoms with van der Waals surface area (Å²) < 4.78 is 0. The van der Waals surface area contributed by atoms with Gasteiger partial charge in [-0.2, -0.15) is 0 Å². The highest BCUT2D eigenvalue weighted by Gasteiger charge is 2.24. The van der Waals surface area contributed by atoms with E-state index in [4.69, 9.17) is 0 Å². The van der Waals surface area contributed by atoms with Crippen molar-refractivity contribution in [2.75, 3.05) is 18.4 Å². The summed E-state index contributed by atoms with van der Waals surface area (Å²) in [5.41, 5.74) is 2.23. The van der Waals surface area contributed by atoms with Crippen LogP contribution in [0.25, 0.3) is 0 Å². The first kappa shape index (κ1) is 15.9. The van der Waals surface area contributed by atoms with Gasteiger partial charge in [-0.3, -0.25) is 10.3 Å². The number of aromatic nitrogens is 2. The number of pyridine rings is 1. The van der Waals surface area contributed by atoms with E-state index in [9.17, 15) is 4.79 Å². The molecular formula is C17H22N4OS. The molecule has 5 nitrogen and oxygen atoms in total. The number of likely N-dealkylation sites (tertiary alicyclic amines) is 1. The van der Waals surface area contributed by atoms with Crippen molar-refractivity contribution in [2.45, 2.75) is 39.0 Å². The minimum absolute atomic E-state index is 0.00687. The number of amides is 2. The third-order valence-corrected chi connectivity index (χ3v) is 5.54. The number of aryl methyl sites for hydroxylation is 2. The van der Waals surface area contributed by atoms with Gasteiger partial charge in [0.2, 0.25) is 0 Å². The van der Waals surface area contributed by atoms with Crippen LogP contribution in [-0.2, 0) is 6.42 Å². The first-order valence-electron chi connectivity index (χ1n) is 8.09. The highest BCUT2D eigenvalue weighted by Crippen LogP contribution is 2.29. The van der Waals surface area contributed by atoms with E-state index in [2.05, 4.69) is 34.3 Å². The summed E-state index contributed by atoms with van der Waals surface area (Å²) in [6.07, 6.45) is 6.58. The number of urea groups is 1. The molecule has 0 atom stereocenters. The molecule has 1 saturated heterocycles. The molecule has 0 aliphatic carbocycles. The SMILES string of the molecule is CCc1nc(C)c(NC(=O)N2CCC(c3ccncc3)CC2)s1. The van der Waals surface area contributed by atoms with Crippen LogP contribution in [0, 0.1) is 6.92 Å². The van der Waals surface area contributed by atoms with E-state index in [0.29, 0.717) is 5.92 Å². The Balaban J connectivity index is 1.57. The molecule has 0 radical (unpaired) electrons. The molecule has 0 bridgehead atoms. The molecule has 1 aliphatic rings. The average Bonchev–Trinajstić information content (AvgIpc) is 2.96. The normalized spacial score (nSPS) is 15.7. The van der Waals surface area contributed by atoms with Gasteiger partial charge in [0.15, 0.2) is 0 Å². The second-order valence-electron chi connectivity index (χ2n) is 5.85. The number of nitrogens with zero attached hydrogens (tertiary/aromatic N) is 3. The fourth-order valence-electron chi connectivity index (χ4n) is 2.95. The lowest BCUT2D eigenvalue weighted by Gasteiger charge is -2.32. The fourth-order valence-corrected chi connectivity index (χ4v) is 3.84. The van der Waals surface area contributed by atoms with Crippen LogP contribution < -0.4 is 5.32 Å². The number of nitrogens with one attached hydrogen (secondary N) is 1. The van der Waals surface area contributed by atoms with Gasteiger partial charge in [0.25, 0.3) is 0 Å². The molecule has 2 amide bonds. The second-order valence-corrected chi connectivity index (χ2v) is 6.93. The Labute approximate surface area is 140 Å². The van der Waals surface area contributed by atoms with Crippen molar-refractivity contribution < 1.29 is 4.79 Å². The molecule has 0 aromatic carbocycles. The number of carbonyl (C=O) groups is 1. The van der Waals surface area contributed by atoms with Crippen LogP contribution in [0.15, 0.2) is 24.5 Å². The molecule has 2 aromatic heterocycles. The minimum Gasteiger partial charge on any atom is -0.324 e. The van der Waals surface area contributed by atoms with Gasteiger partial charge in [-0.1, -0.05) is 6.92 Å². The van der Waals surface area contributed by atoms with Crippen LogP contribution in [0.1, 0.15) is 41.9 Å². The van der Waals surface area contributed by atoms with E-state index < -0.39 is 0 Å². The van der Waals surface area contributed by atoms with Crippen molar-refractivity contribution in [3.8, 4) is 0 Å². The Morgan fingerprint density at radius 2 is 2.04 bits per heavy atom. The van der Waals surface area contributed by atoms with Gasteiger partial charge < -0.3 is 4.90 Å². The summed E-state index contributed by atoms with van der Waals surface area (Å²) in [6, 6.07) is 4.15. The quantitative estimate of drug-likeness (QED) is 0.930. The number of hydrogen-bond acceptors (Lipinski definition) is 4. The molecule has 0 saturated carbocycles. The molecule has 3 rings (SSSR count). The van der Waals surface area contributed by atoms with Gasteiger partial charge in [-0.05, 0) is 49.8 Å². The Morgan fingerprint density at radius 1 is 1.35 bits per heavy atom. The first-order valence-corrected chi connectivity index (χ1v) is 8.91. The molecule has 23 heavy (non-hydrogen) atoms. The number of rotatable bonds is 3. The molecule has 1 fully saturated rings. The van der Waals surface area contributed by atoms with Crippen LogP contribution >= 0.6 is 11.3 Å². The minimum atomic E-state index is -0.00687. The lowest BCUT2D eigenvalue weighted by atomic mass is 9.90. The predicted molar refractivity (Wildman–Crippen MR) is 93.0 cm³/mol. The Hall–Kier alpha value is -1.95. The zero-order valence-electron chi connectivity index (χ0n) is 13.6. The van der Waals surface area contributed by atoms with Crippen LogP contribution in [0.2, 0.25) is 0 Å². The number of anilines is 1. The van der Waals surface area contributed by atoms with Gasteiger partial charge in [0, 0.05) is 25.5 Å². The van der Waals surface area contributed by atoms with E-state index in [0.717, 1.165) is 48.1 Å². The lowest BCUT2D eigenvalue weighted by Crippen LogP contribution is -2.40. The molecule has 3 heterocycles. The topological polar surface area (TPSA) is 58.1 Å². The van der Waals surface area contributed by atoms with Crippen molar-refractivity contribution in [3.05, 3.63) is 40.8 Å². The summed E-state index contributed by atoms with van der Waals surface area (Å²) in [4.78, 5) is 22.9. The Bertz CT molecular complexity index is 662. The number of carbonyl (C=O) groups excluding carboxylic acids is 1. The summed E-state index contributed by atoms with van der Waals surface area (Å²) in [6.45, 7) is 5.60. The van der Waals surface area contributed by atoms with Crippen molar-refractivity contribution in [1.82, 2.24) is 14.9 Å². The summed E-state index contributed by atoms with van der Waals surface area (Å²) in [5, 5.41) is 4.96. The summed E-state index contributed by atoms with van der Waals surface area (Å²) in [7, 11) is 0. The zero-order valence-corrected chi connectivity index (χ0v) is 14.4. The van der Waals surface area contributed by atoms with E-state index in [1.807, 2.05) is 24.2 Å². The fraction of sp³-hybridized carbons (Fsp3) is 0.471. The Kier molecular flexibility index (Phi) is 4.91. The van der Waals surface area contributed by atoms with E-state index >= 15 is 0 Å². The second kappa shape index (κ2) is 7.08. The summed E-state index contributed by atoms with van der Waals surface area (Å²) in [5.74, 6) is 0.527. The molecule has 122 valence electrons. The summed E-state index contributed by atoms with van der Waals surface area (Å²) >= 11 is 1.57. The molecular weight excluding hydrogens is 308 g/mol. The third kappa shape index (κ3) is 3.69. The number of piperidine rings is 1. The Morgan fingerprint density at radius 3 is 2.65 bits per heavy atom. The standard InChI is InChI=1S/C17H22N4OS/c1-3-15-19-12(2)16(23-15)20-17(22)21-10-6-14(7-11-21)13-4-8-18-9-5-13/h4-5,8-9,14H,3,6-7,10-11H2,1-2H3,(H,20,22).